The second-order valence-corrected chi connectivity index (χ2v) is 7.04. The Labute approximate surface area is 119 Å². The van der Waals surface area contributed by atoms with Crippen molar-refractivity contribution in [2.45, 2.75) is 24.3 Å². The van der Waals surface area contributed by atoms with Crippen LogP contribution in [0, 0.1) is 11.8 Å². The minimum Gasteiger partial charge on any atom is -0.389 e. The van der Waals surface area contributed by atoms with Gasteiger partial charge in [0.15, 0.2) is 0 Å². The Kier molecular flexibility index (Phi) is 5.31. The molecule has 6 heteroatoms. The van der Waals surface area contributed by atoms with E-state index in [1.165, 1.54) is 27.0 Å². The van der Waals surface area contributed by atoms with Gasteiger partial charge >= 0.3 is 0 Å². The van der Waals surface area contributed by atoms with Crippen LogP contribution in [0.25, 0.3) is 0 Å². The van der Waals surface area contributed by atoms with Crippen molar-refractivity contribution in [3.63, 3.8) is 0 Å². The number of aliphatic hydroxyl groups is 2. The van der Waals surface area contributed by atoms with Gasteiger partial charge in [0, 0.05) is 19.2 Å². The predicted octanol–water partition coefficient (Wildman–Crippen LogP) is 0.422. The molecule has 0 aliphatic rings. The van der Waals surface area contributed by atoms with Gasteiger partial charge in [-0.05, 0) is 26.0 Å². The van der Waals surface area contributed by atoms with Gasteiger partial charge in [-0.1, -0.05) is 24.0 Å². The van der Waals surface area contributed by atoms with Gasteiger partial charge in [-0.15, -0.1) is 0 Å². The molecule has 0 bridgehead atoms. The fourth-order valence-corrected chi connectivity index (χ4v) is 3.20. The number of likely N-dealkylation sites (N-methyl/N-ethyl adjacent to an activating group) is 1. The molecule has 0 aliphatic heterocycles. The molecule has 1 aromatic carbocycles. The maximum Gasteiger partial charge on any atom is 0.244 e. The van der Waals surface area contributed by atoms with Crippen LogP contribution >= 0.6 is 0 Å². The Hall–Kier alpha value is -1.39. The van der Waals surface area contributed by atoms with Crippen LogP contribution in [-0.2, 0) is 10.0 Å². The molecule has 110 valence electrons. The van der Waals surface area contributed by atoms with E-state index in [1.54, 1.807) is 18.2 Å². The Morgan fingerprint density at radius 1 is 1.30 bits per heavy atom. The summed E-state index contributed by atoms with van der Waals surface area (Å²) < 4.78 is 26.0. The first kappa shape index (κ1) is 16.7. The van der Waals surface area contributed by atoms with E-state index in [1.807, 2.05) is 0 Å². The molecule has 0 radical (unpaired) electrons. The van der Waals surface area contributed by atoms with E-state index in [0.717, 1.165) is 4.31 Å². The van der Waals surface area contributed by atoms with Gasteiger partial charge in [0.2, 0.25) is 10.0 Å². The Morgan fingerprint density at radius 2 is 1.90 bits per heavy atom. The lowest BCUT2D eigenvalue weighted by atomic mass is 10.1. The molecule has 0 aromatic heterocycles. The number of aliphatic hydroxyl groups excluding tert-OH is 1. The number of rotatable bonds is 4. The molecule has 0 fully saturated rings. The van der Waals surface area contributed by atoms with E-state index < -0.39 is 15.6 Å². The monoisotopic (exact) mass is 297 g/mol. The van der Waals surface area contributed by atoms with E-state index in [4.69, 9.17) is 5.11 Å². The molecule has 1 rings (SSSR count). The summed E-state index contributed by atoms with van der Waals surface area (Å²) in [6.07, 6.45) is 0. The molecule has 2 N–H and O–H groups in total. The van der Waals surface area contributed by atoms with Crippen LogP contribution in [-0.4, -0.2) is 48.7 Å². The van der Waals surface area contributed by atoms with Gasteiger partial charge in [0.05, 0.1) is 10.5 Å². The SMILES string of the molecule is CN(CC(C)(C)O)S(=O)(=O)c1ccccc1C#CCO. The molecule has 0 unspecified atom stereocenters. The second kappa shape index (κ2) is 6.37. The lowest BCUT2D eigenvalue weighted by Gasteiger charge is -2.25. The van der Waals surface area contributed by atoms with Gasteiger partial charge in [0.1, 0.15) is 6.61 Å². The molecule has 0 spiro atoms. The third-order valence-corrected chi connectivity index (χ3v) is 4.35. The summed E-state index contributed by atoms with van der Waals surface area (Å²) in [6.45, 7) is 2.71. The highest BCUT2D eigenvalue weighted by molar-refractivity contribution is 7.89. The molecule has 20 heavy (non-hydrogen) atoms. The highest BCUT2D eigenvalue weighted by Gasteiger charge is 2.27. The van der Waals surface area contributed by atoms with Crippen molar-refractivity contribution < 1.29 is 18.6 Å². The standard InChI is InChI=1S/C14H19NO4S/c1-14(2,17)11-15(3)20(18,19)13-9-5-4-7-12(13)8-6-10-16/h4-5,7,9,16-17H,10-11H2,1-3H3. The minimum atomic E-state index is -3.74. The third-order valence-electron chi connectivity index (χ3n) is 2.49. The molecule has 0 heterocycles. The van der Waals surface area contributed by atoms with Crippen LogP contribution < -0.4 is 0 Å². The van der Waals surface area contributed by atoms with Gasteiger partial charge in [-0.3, -0.25) is 0 Å². The van der Waals surface area contributed by atoms with Crippen molar-refractivity contribution in [2.24, 2.45) is 0 Å². The number of hydrogen-bond acceptors (Lipinski definition) is 4. The Bertz CT molecular complexity index is 621. The number of hydrogen-bond donors (Lipinski definition) is 2. The maximum atomic E-state index is 12.5. The summed E-state index contributed by atoms with van der Waals surface area (Å²) in [5.41, 5.74) is -0.808. The smallest absolute Gasteiger partial charge is 0.244 e. The summed E-state index contributed by atoms with van der Waals surface area (Å²) >= 11 is 0. The van der Waals surface area contributed by atoms with E-state index in [2.05, 4.69) is 11.8 Å². The summed E-state index contributed by atoms with van der Waals surface area (Å²) in [5, 5.41) is 18.5. The van der Waals surface area contributed by atoms with Crippen LogP contribution in [0.3, 0.4) is 0 Å². The van der Waals surface area contributed by atoms with Gasteiger partial charge in [-0.25, -0.2) is 8.42 Å². The summed E-state index contributed by atoms with van der Waals surface area (Å²) in [4.78, 5) is 0.0627. The van der Waals surface area contributed by atoms with E-state index >= 15 is 0 Å². The van der Waals surface area contributed by atoms with Gasteiger partial charge < -0.3 is 10.2 Å². The molecule has 0 atom stereocenters. The highest BCUT2D eigenvalue weighted by Crippen LogP contribution is 2.20. The Morgan fingerprint density at radius 3 is 2.45 bits per heavy atom. The number of benzene rings is 1. The van der Waals surface area contributed by atoms with E-state index in [0.29, 0.717) is 5.56 Å². The molecule has 0 saturated heterocycles. The highest BCUT2D eigenvalue weighted by atomic mass is 32.2. The summed E-state index contributed by atoms with van der Waals surface area (Å²) in [5.74, 6) is 5.06. The number of nitrogens with zero attached hydrogens (tertiary/aromatic N) is 1. The van der Waals surface area contributed by atoms with Gasteiger partial charge in [-0.2, -0.15) is 4.31 Å². The van der Waals surface area contributed by atoms with E-state index in [-0.39, 0.29) is 18.0 Å². The van der Waals surface area contributed by atoms with Crippen LogP contribution in [0.1, 0.15) is 19.4 Å². The molecule has 0 saturated carbocycles. The predicted molar refractivity (Wildman–Crippen MR) is 76.5 cm³/mol. The average Bonchev–Trinajstić information content (AvgIpc) is 2.34. The van der Waals surface area contributed by atoms with Gasteiger partial charge in [0.25, 0.3) is 0 Å². The van der Waals surface area contributed by atoms with Crippen LogP contribution in [0.15, 0.2) is 29.2 Å². The second-order valence-electron chi connectivity index (χ2n) is 5.03. The quantitative estimate of drug-likeness (QED) is 0.790. The Balaban J connectivity index is 3.22. The first-order valence-electron chi connectivity index (χ1n) is 6.06. The van der Waals surface area contributed by atoms with Crippen LogP contribution in [0.2, 0.25) is 0 Å². The van der Waals surface area contributed by atoms with Crippen molar-refractivity contribution in [3.05, 3.63) is 29.8 Å². The lowest BCUT2D eigenvalue weighted by Crippen LogP contribution is -2.39. The lowest BCUT2D eigenvalue weighted by molar-refractivity contribution is 0.0640. The van der Waals surface area contributed by atoms with Crippen molar-refractivity contribution in [3.8, 4) is 11.8 Å². The fraction of sp³-hybridized carbons (Fsp3) is 0.429. The average molecular weight is 297 g/mol. The zero-order valence-corrected chi connectivity index (χ0v) is 12.6. The largest absolute Gasteiger partial charge is 0.389 e. The number of sulfonamides is 1. The first-order valence-corrected chi connectivity index (χ1v) is 7.50. The zero-order valence-electron chi connectivity index (χ0n) is 11.8. The summed E-state index contributed by atoms with van der Waals surface area (Å²) in [7, 11) is -2.34. The maximum absolute atomic E-state index is 12.5. The molecular formula is C14H19NO4S. The van der Waals surface area contributed by atoms with Crippen molar-refractivity contribution in [1.29, 1.82) is 0 Å². The fourth-order valence-electron chi connectivity index (χ4n) is 1.73. The molecule has 5 nitrogen and oxygen atoms in total. The van der Waals surface area contributed by atoms with Crippen molar-refractivity contribution >= 4 is 10.0 Å². The molecular weight excluding hydrogens is 278 g/mol. The third kappa shape index (κ3) is 4.32. The summed E-state index contributed by atoms with van der Waals surface area (Å²) in [6, 6.07) is 6.32. The topological polar surface area (TPSA) is 77.8 Å². The zero-order chi connectivity index (χ0) is 15.4. The van der Waals surface area contributed by atoms with Crippen LogP contribution in [0.5, 0.6) is 0 Å². The van der Waals surface area contributed by atoms with E-state index in [9.17, 15) is 13.5 Å². The van der Waals surface area contributed by atoms with Crippen LogP contribution in [0.4, 0.5) is 0 Å². The van der Waals surface area contributed by atoms with Crippen molar-refractivity contribution in [2.75, 3.05) is 20.2 Å². The molecule has 1 aromatic rings. The normalized spacial score (nSPS) is 12.1. The first-order chi connectivity index (χ1) is 9.18. The molecule has 0 amide bonds. The van der Waals surface area contributed by atoms with Crippen molar-refractivity contribution in [1.82, 2.24) is 4.31 Å². The molecule has 0 aliphatic carbocycles. The minimum absolute atomic E-state index is 0.0307.